The Morgan fingerprint density at radius 2 is 1.67 bits per heavy atom. The van der Waals surface area contributed by atoms with Gasteiger partial charge in [-0.25, -0.2) is 0 Å². The third kappa shape index (κ3) is 17.3. The van der Waals surface area contributed by atoms with Gasteiger partial charge < -0.3 is 9.84 Å². The summed E-state index contributed by atoms with van der Waals surface area (Å²) in [6.07, 6.45) is 21.7. The Balaban J connectivity index is 3.48. The number of unbranched alkanes of at least 4 members (excludes halogenated alkanes) is 7. The van der Waals surface area contributed by atoms with Crippen molar-refractivity contribution in [3.05, 3.63) is 24.3 Å². The predicted octanol–water partition coefficient (Wildman–Crippen LogP) is 5.58. The molecule has 0 rings (SSSR count). The minimum Gasteiger partial charge on any atom is -0.463 e. The largest absolute Gasteiger partial charge is 0.463 e. The summed E-state index contributed by atoms with van der Waals surface area (Å²) >= 11 is 0. The minimum atomic E-state index is -0.285. The summed E-state index contributed by atoms with van der Waals surface area (Å²) in [6.45, 7) is 4.50. The molecule has 0 bridgehead atoms. The van der Waals surface area contributed by atoms with Crippen LogP contribution in [0.1, 0.15) is 84.5 Å². The van der Waals surface area contributed by atoms with Gasteiger partial charge in [-0.05, 0) is 18.8 Å². The van der Waals surface area contributed by atoms with E-state index in [1.54, 1.807) is 0 Å². The highest BCUT2D eigenvalue weighted by Crippen LogP contribution is 2.14. The van der Waals surface area contributed by atoms with Crippen LogP contribution in [0.15, 0.2) is 24.3 Å². The van der Waals surface area contributed by atoms with Crippen LogP contribution in [0, 0.1) is 5.92 Å². The molecule has 1 N–H and O–H groups in total. The van der Waals surface area contributed by atoms with E-state index in [4.69, 9.17) is 9.84 Å². The van der Waals surface area contributed by atoms with Gasteiger partial charge in [0.2, 0.25) is 0 Å². The molecule has 0 spiro atoms. The molecule has 140 valence electrons. The van der Waals surface area contributed by atoms with Gasteiger partial charge in [-0.15, -0.1) is 0 Å². The second-order valence-corrected chi connectivity index (χ2v) is 6.52. The van der Waals surface area contributed by atoms with Crippen LogP contribution in [0.5, 0.6) is 0 Å². The van der Waals surface area contributed by atoms with Crippen LogP contribution in [-0.4, -0.2) is 24.3 Å². The number of carbonyl (C=O) groups excluding carboxylic acids is 1. The smallest absolute Gasteiger partial charge is 0.309 e. The molecule has 24 heavy (non-hydrogen) atoms. The van der Waals surface area contributed by atoms with Crippen molar-refractivity contribution in [3.8, 4) is 0 Å². The number of hydrogen-bond acceptors (Lipinski definition) is 3. The number of ether oxygens (including phenoxy) is 1. The van der Waals surface area contributed by atoms with E-state index in [1.807, 2.05) is 12.2 Å². The maximum atomic E-state index is 11.2. The monoisotopic (exact) mass is 338 g/mol. The molecule has 0 aromatic rings. The Morgan fingerprint density at radius 3 is 2.33 bits per heavy atom. The Hall–Kier alpha value is -1.09. The Kier molecular flexibility index (Phi) is 17.4. The fourth-order valence-corrected chi connectivity index (χ4v) is 2.58. The zero-order valence-electron chi connectivity index (χ0n) is 15.8. The Labute approximate surface area is 149 Å². The lowest BCUT2D eigenvalue weighted by atomic mass is 10.0. The molecular weight excluding hydrogens is 300 g/mol. The van der Waals surface area contributed by atoms with Crippen molar-refractivity contribution in [1.82, 2.24) is 0 Å². The second kappa shape index (κ2) is 18.3. The maximum Gasteiger partial charge on any atom is 0.309 e. The van der Waals surface area contributed by atoms with Gasteiger partial charge in [-0.2, -0.15) is 0 Å². The SMILES string of the molecule is CCCCCCCCCCC(C)C=CCC=CCC(=O)OCCO. The molecular formula is C21H38O3. The minimum absolute atomic E-state index is 0.0861. The van der Waals surface area contributed by atoms with E-state index >= 15 is 0 Å². The molecule has 0 aromatic heterocycles. The lowest BCUT2D eigenvalue weighted by Gasteiger charge is -2.06. The Bertz CT molecular complexity index is 334. The van der Waals surface area contributed by atoms with Crippen molar-refractivity contribution >= 4 is 5.97 Å². The van der Waals surface area contributed by atoms with E-state index in [1.165, 1.54) is 57.8 Å². The second-order valence-electron chi connectivity index (χ2n) is 6.52. The van der Waals surface area contributed by atoms with E-state index in [-0.39, 0.29) is 25.6 Å². The van der Waals surface area contributed by atoms with E-state index in [0.717, 1.165) is 6.42 Å². The number of aliphatic hydroxyl groups is 1. The molecule has 1 atom stereocenters. The maximum absolute atomic E-state index is 11.2. The highest BCUT2D eigenvalue weighted by atomic mass is 16.5. The van der Waals surface area contributed by atoms with Gasteiger partial charge in [0.15, 0.2) is 0 Å². The lowest BCUT2D eigenvalue weighted by Crippen LogP contribution is -2.06. The van der Waals surface area contributed by atoms with Crippen LogP contribution in [0.4, 0.5) is 0 Å². The molecule has 0 aliphatic heterocycles. The van der Waals surface area contributed by atoms with Crippen molar-refractivity contribution in [2.24, 2.45) is 5.92 Å². The van der Waals surface area contributed by atoms with Crippen LogP contribution in [0.25, 0.3) is 0 Å². The molecule has 3 heteroatoms. The van der Waals surface area contributed by atoms with Gasteiger partial charge in [0.25, 0.3) is 0 Å². The summed E-state index contributed by atoms with van der Waals surface area (Å²) in [6, 6.07) is 0. The summed E-state index contributed by atoms with van der Waals surface area (Å²) in [7, 11) is 0. The Morgan fingerprint density at radius 1 is 1.00 bits per heavy atom. The van der Waals surface area contributed by atoms with Gasteiger partial charge in [0, 0.05) is 0 Å². The van der Waals surface area contributed by atoms with Crippen molar-refractivity contribution in [3.63, 3.8) is 0 Å². The van der Waals surface area contributed by atoms with Crippen molar-refractivity contribution in [1.29, 1.82) is 0 Å². The third-order valence-corrected chi connectivity index (χ3v) is 4.06. The third-order valence-electron chi connectivity index (χ3n) is 4.06. The highest BCUT2D eigenvalue weighted by molar-refractivity contribution is 5.71. The average molecular weight is 339 g/mol. The molecule has 0 heterocycles. The summed E-state index contributed by atoms with van der Waals surface area (Å²) in [5.41, 5.74) is 0. The topological polar surface area (TPSA) is 46.5 Å². The van der Waals surface area contributed by atoms with E-state index in [9.17, 15) is 4.79 Å². The summed E-state index contributed by atoms with van der Waals surface area (Å²) in [5, 5.41) is 8.54. The number of allylic oxidation sites excluding steroid dienone is 3. The molecule has 0 radical (unpaired) electrons. The normalized spacial score (nSPS) is 13.0. The zero-order valence-corrected chi connectivity index (χ0v) is 15.8. The van der Waals surface area contributed by atoms with Crippen LogP contribution in [-0.2, 0) is 9.53 Å². The number of esters is 1. The van der Waals surface area contributed by atoms with E-state index in [2.05, 4.69) is 26.0 Å². The van der Waals surface area contributed by atoms with Gasteiger partial charge in [0.1, 0.15) is 6.61 Å². The van der Waals surface area contributed by atoms with Crippen molar-refractivity contribution in [2.45, 2.75) is 84.5 Å². The average Bonchev–Trinajstić information content (AvgIpc) is 2.58. The van der Waals surface area contributed by atoms with Gasteiger partial charge in [-0.1, -0.05) is 89.5 Å². The molecule has 0 aliphatic rings. The molecule has 1 unspecified atom stereocenters. The zero-order chi connectivity index (χ0) is 17.9. The van der Waals surface area contributed by atoms with Gasteiger partial charge in [0.05, 0.1) is 13.0 Å². The molecule has 0 amide bonds. The molecule has 0 aromatic carbocycles. The lowest BCUT2D eigenvalue weighted by molar-refractivity contribution is -0.143. The first-order chi connectivity index (χ1) is 11.7. The first-order valence-electron chi connectivity index (χ1n) is 9.78. The van der Waals surface area contributed by atoms with Gasteiger partial charge in [-0.3, -0.25) is 4.79 Å². The van der Waals surface area contributed by atoms with Crippen molar-refractivity contribution in [2.75, 3.05) is 13.2 Å². The van der Waals surface area contributed by atoms with Crippen LogP contribution < -0.4 is 0 Å². The van der Waals surface area contributed by atoms with Crippen LogP contribution >= 0.6 is 0 Å². The summed E-state index contributed by atoms with van der Waals surface area (Å²) in [5.74, 6) is 0.348. The number of carbonyl (C=O) groups is 1. The molecule has 3 nitrogen and oxygen atoms in total. The number of aliphatic hydroxyl groups excluding tert-OH is 1. The first-order valence-corrected chi connectivity index (χ1v) is 9.78. The van der Waals surface area contributed by atoms with E-state index < -0.39 is 0 Å². The summed E-state index contributed by atoms with van der Waals surface area (Å²) < 4.78 is 4.77. The fourth-order valence-electron chi connectivity index (χ4n) is 2.58. The number of rotatable bonds is 16. The van der Waals surface area contributed by atoms with Crippen LogP contribution in [0.3, 0.4) is 0 Å². The number of hydrogen-bond donors (Lipinski definition) is 1. The fraction of sp³-hybridized carbons (Fsp3) is 0.762. The molecule has 0 saturated heterocycles. The quantitative estimate of drug-likeness (QED) is 0.227. The predicted molar refractivity (Wildman–Crippen MR) is 102 cm³/mol. The highest BCUT2D eigenvalue weighted by Gasteiger charge is 1.98. The molecule has 0 fully saturated rings. The molecule has 0 saturated carbocycles. The van der Waals surface area contributed by atoms with Crippen LogP contribution in [0.2, 0.25) is 0 Å². The van der Waals surface area contributed by atoms with Gasteiger partial charge >= 0.3 is 5.97 Å². The summed E-state index contributed by atoms with van der Waals surface area (Å²) in [4.78, 5) is 11.2. The first kappa shape index (κ1) is 22.9. The van der Waals surface area contributed by atoms with E-state index in [0.29, 0.717) is 5.92 Å². The molecule has 0 aliphatic carbocycles. The standard InChI is InChI=1S/C21H38O3/c1-3-4-5-6-7-8-9-12-15-20(2)16-13-10-11-14-17-21(23)24-19-18-22/h11,13-14,16,20,22H,3-10,12,15,17-19H2,1-2H3. The van der Waals surface area contributed by atoms with Crippen molar-refractivity contribution < 1.29 is 14.6 Å².